The number of hydrogen-bond donors (Lipinski definition) is 2. The molecule has 5 nitrogen and oxygen atoms in total. The zero-order chi connectivity index (χ0) is 20.2. The highest BCUT2D eigenvalue weighted by Gasteiger charge is 2.24. The van der Waals surface area contributed by atoms with E-state index in [4.69, 9.17) is 0 Å². The van der Waals surface area contributed by atoms with E-state index in [1.807, 2.05) is 19.1 Å². The number of amides is 1. The van der Waals surface area contributed by atoms with Crippen LogP contribution in [0.4, 0.5) is 15.2 Å². The summed E-state index contributed by atoms with van der Waals surface area (Å²) in [6.45, 7) is 1.86. The minimum absolute atomic E-state index is 0.0180. The Morgan fingerprint density at radius 3 is 2.86 bits per heavy atom. The smallest absolute Gasteiger partial charge is 0.233 e. The molecule has 0 radical (unpaired) electrons. The molecule has 1 aromatic heterocycles. The van der Waals surface area contributed by atoms with Crippen LogP contribution in [0.15, 0.2) is 52.9 Å². The van der Waals surface area contributed by atoms with E-state index in [1.165, 1.54) is 40.3 Å². The topological polar surface area (TPSA) is 66.9 Å². The third-order valence-corrected chi connectivity index (χ3v) is 6.88. The fraction of sp³-hybridized carbons (Fsp3) is 0.286. The molecular weight excluding hydrogens is 407 g/mol. The first-order valence-corrected chi connectivity index (χ1v) is 11.2. The second-order valence-corrected chi connectivity index (χ2v) is 9.46. The van der Waals surface area contributed by atoms with E-state index in [-0.39, 0.29) is 23.0 Å². The lowest BCUT2D eigenvalue weighted by Crippen LogP contribution is -2.35. The number of anilines is 2. The summed E-state index contributed by atoms with van der Waals surface area (Å²) in [7, 11) is 0. The first-order valence-electron chi connectivity index (χ1n) is 9.50. The summed E-state index contributed by atoms with van der Waals surface area (Å²) in [4.78, 5) is 12.7. The Labute approximate surface area is 177 Å². The van der Waals surface area contributed by atoms with Crippen LogP contribution in [0.1, 0.15) is 36.9 Å². The van der Waals surface area contributed by atoms with Crippen LogP contribution >= 0.6 is 23.1 Å². The van der Waals surface area contributed by atoms with E-state index < -0.39 is 0 Å². The van der Waals surface area contributed by atoms with Crippen molar-refractivity contribution in [3.05, 3.63) is 65.5 Å². The van der Waals surface area contributed by atoms with Crippen LogP contribution in [0, 0.1) is 5.82 Å². The highest BCUT2D eigenvalue weighted by atomic mass is 32.2. The SMILES string of the molecule is C[C@H](Sc1nnc(Nc2ccccc2F)s1)C(=O)N[C@@H]1CCCc2ccccc21. The third-order valence-electron chi connectivity index (χ3n) is 4.85. The van der Waals surface area contributed by atoms with Crippen molar-refractivity contribution in [1.82, 2.24) is 15.5 Å². The lowest BCUT2D eigenvalue weighted by Gasteiger charge is -2.27. The van der Waals surface area contributed by atoms with Crippen molar-refractivity contribution >= 4 is 39.8 Å². The van der Waals surface area contributed by atoms with Gasteiger partial charge >= 0.3 is 0 Å². The second kappa shape index (κ2) is 8.92. The molecule has 1 heterocycles. The molecule has 0 saturated heterocycles. The Hall–Kier alpha value is -2.45. The molecule has 3 aromatic rings. The van der Waals surface area contributed by atoms with Gasteiger partial charge in [0, 0.05) is 0 Å². The van der Waals surface area contributed by atoms with Gasteiger partial charge < -0.3 is 10.6 Å². The van der Waals surface area contributed by atoms with Gasteiger partial charge in [-0.2, -0.15) is 0 Å². The van der Waals surface area contributed by atoms with E-state index in [9.17, 15) is 9.18 Å². The van der Waals surface area contributed by atoms with Gasteiger partial charge in [0.1, 0.15) is 5.82 Å². The molecule has 0 bridgehead atoms. The summed E-state index contributed by atoms with van der Waals surface area (Å²) >= 11 is 2.66. The summed E-state index contributed by atoms with van der Waals surface area (Å²) in [5, 5.41) is 14.5. The van der Waals surface area contributed by atoms with Crippen molar-refractivity contribution in [3.63, 3.8) is 0 Å². The van der Waals surface area contributed by atoms with Gasteiger partial charge in [0.25, 0.3) is 0 Å². The Balaban J connectivity index is 1.36. The first kappa shape index (κ1) is 19.8. The number of carbonyl (C=O) groups is 1. The minimum atomic E-state index is -0.350. The van der Waals surface area contributed by atoms with Gasteiger partial charge in [-0.05, 0) is 49.4 Å². The predicted molar refractivity (Wildman–Crippen MR) is 115 cm³/mol. The van der Waals surface area contributed by atoms with Crippen LogP contribution in [0.3, 0.4) is 0 Å². The maximum atomic E-state index is 13.8. The first-order chi connectivity index (χ1) is 14.1. The third kappa shape index (κ3) is 4.76. The Kier molecular flexibility index (Phi) is 6.10. The van der Waals surface area contributed by atoms with Crippen molar-refractivity contribution in [2.45, 2.75) is 41.8 Å². The van der Waals surface area contributed by atoms with Gasteiger partial charge in [-0.1, -0.05) is 59.5 Å². The van der Waals surface area contributed by atoms with E-state index in [0.717, 1.165) is 19.3 Å². The van der Waals surface area contributed by atoms with Gasteiger partial charge in [-0.3, -0.25) is 4.79 Å². The molecule has 2 aromatic carbocycles. The molecule has 0 fully saturated rings. The Bertz CT molecular complexity index is 1010. The average Bonchev–Trinajstić information content (AvgIpc) is 3.17. The predicted octanol–water partition coefficient (Wildman–Crippen LogP) is 5.10. The number of nitrogens with zero attached hydrogens (tertiary/aromatic N) is 2. The van der Waals surface area contributed by atoms with Crippen molar-refractivity contribution in [2.75, 3.05) is 5.32 Å². The number of rotatable bonds is 6. The number of hydrogen-bond acceptors (Lipinski definition) is 6. The molecule has 8 heteroatoms. The number of para-hydroxylation sites is 1. The van der Waals surface area contributed by atoms with Gasteiger partial charge in [-0.25, -0.2) is 4.39 Å². The number of aromatic nitrogens is 2. The van der Waals surface area contributed by atoms with E-state index >= 15 is 0 Å². The van der Waals surface area contributed by atoms with Gasteiger partial charge in [-0.15, -0.1) is 10.2 Å². The summed E-state index contributed by atoms with van der Waals surface area (Å²) in [6.07, 6.45) is 3.09. The highest BCUT2D eigenvalue weighted by Crippen LogP contribution is 2.33. The van der Waals surface area contributed by atoms with Crippen molar-refractivity contribution in [1.29, 1.82) is 0 Å². The average molecular weight is 429 g/mol. The molecule has 1 amide bonds. The molecule has 150 valence electrons. The van der Waals surface area contributed by atoms with Crippen LogP contribution in [-0.4, -0.2) is 21.4 Å². The van der Waals surface area contributed by atoms with E-state index in [0.29, 0.717) is 15.2 Å². The van der Waals surface area contributed by atoms with Crippen LogP contribution in [0.25, 0.3) is 0 Å². The van der Waals surface area contributed by atoms with Crippen LogP contribution in [-0.2, 0) is 11.2 Å². The molecular formula is C21H21FN4OS2. The maximum Gasteiger partial charge on any atom is 0.233 e. The minimum Gasteiger partial charge on any atom is -0.348 e. The summed E-state index contributed by atoms with van der Waals surface area (Å²) in [5.74, 6) is -0.368. The molecule has 2 atom stereocenters. The molecule has 1 aliphatic rings. The summed E-state index contributed by atoms with van der Waals surface area (Å²) < 4.78 is 14.4. The lowest BCUT2D eigenvalue weighted by molar-refractivity contribution is -0.121. The Morgan fingerprint density at radius 1 is 1.21 bits per heavy atom. The Morgan fingerprint density at radius 2 is 2.00 bits per heavy atom. The number of thioether (sulfide) groups is 1. The standard InChI is InChI=1S/C21H21FN4OS2/c1-13(19(27)23-17-12-6-8-14-7-2-3-9-15(14)17)28-21-26-25-20(29-21)24-18-11-5-4-10-16(18)22/h2-5,7,9-11,13,17H,6,8,12H2,1H3,(H,23,27)(H,24,25)/t13-,17+/m0/s1. The fourth-order valence-corrected chi connectivity index (χ4v) is 5.30. The number of aryl methyl sites for hydroxylation is 1. The molecule has 4 rings (SSSR count). The zero-order valence-corrected chi connectivity index (χ0v) is 17.5. The second-order valence-electron chi connectivity index (χ2n) is 6.89. The maximum absolute atomic E-state index is 13.8. The van der Waals surface area contributed by atoms with Crippen molar-refractivity contribution in [3.8, 4) is 0 Å². The molecule has 1 aliphatic carbocycles. The van der Waals surface area contributed by atoms with Gasteiger partial charge in [0.2, 0.25) is 11.0 Å². The number of carbonyl (C=O) groups excluding carboxylic acids is 1. The van der Waals surface area contributed by atoms with E-state index in [1.54, 1.807) is 18.2 Å². The number of benzene rings is 2. The number of halogens is 1. The molecule has 0 saturated carbocycles. The van der Waals surface area contributed by atoms with Crippen LogP contribution < -0.4 is 10.6 Å². The molecule has 2 N–H and O–H groups in total. The highest BCUT2D eigenvalue weighted by molar-refractivity contribution is 8.02. The van der Waals surface area contributed by atoms with Crippen LogP contribution in [0.2, 0.25) is 0 Å². The van der Waals surface area contributed by atoms with Crippen LogP contribution in [0.5, 0.6) is 0 Å². The quantitative estimate of drug-likeness (QED) is 0.535. The summed E-state index contributed by atoms with van der Waals surface area (Å²) in [5.41, 5.74) is 2.89. The number of nitrogens with one attached hydrogen (secondary N) is 2. The lowest BCUT2D eigenvalue weighted by atomic mass is 9.88. The molecule has 0 aliphatic heterocycles. The van der Waals surface area contributed by atoms with Crippen molar-refractivity contribution in [2.24, 2.45) is 0 Å². The largest absolute Gasteiger partial charge is 0.348 e. The fourth-order valence-electron chi connectivity index (χ4n) is 3.38. The molecule has 0 spiro atoms. The number of fused-ring (bicyclic) bond motifs is 1. The zero-order valence-electron chi connectivity index (χ0n) is 15.9. The summed E-state index contributed by atoms with van der Waals surface area (Å²) in [6, 6.07) is 14.8. The van der Waals surface area contributed by atoms with Gasteiger partial charge in [0.05, 0.1) is 17.0 Å². The molecule has 29 heavy (non-hydrogen) atoms. The monoisotopic (exact) mass is 428 g/mol. The molecule has 0 unspecified atom stereocenters. The normalized spacial score (nSPS) is 16.7. The van der Waals surface area contributed by atoms with Gasteiger partial charge in [0.15, 0.2) is 4.34 Å². The van der Waals surface area contributed by atoms with E-state index in [2.05, 4.69) is 33.0 Å². The van der Waals surface area contributed by atoms with Crippen molar-refractivity contribution < 1.29 is 9.18 Å².